The molecule has 1 radical (unpaired) electrons. The second-order valence-electron chi connectivity index (χ2n) is 11.6. The van der Waals surface area contributed by atoms with Crippen LogP contribution in [0.4, 0.5) is 0 Å². The zero-order valence-electron chi connectivity index (χ0n) is 21.2. The summed E-state index contributed by atoms with van der Waals surface area (Å²) in [5, 5.41) is 4.65. The van der Waals surface area contributed by atoms with Crippen molar-refractivity contribution >= 4 is 26.5 Å². The molecule has 0 aliphatic carbocycles. The van der Waals surface area contributed by atoms with Crippen molar-refractivity contribution in [2.45, 2.75) is 104 Å². The zero-order chi connectivity index (χ0) is 22.0. The van der Waals surface area contributed by atoms with Crippen LogP contribution in [0.15, 0.2) is 48.5 Å². The monoisotopic (exact) mass is 580 g/mol. The molecule has 2 rings (SSSR count). The molecule has 0 nitrogen and oxygen atoms in total. The fourth-order valence-corrected chi connectivity index (χ4v) is 12.7. The summed E-state index contributed by atoms with van der Waals surface area (Å²) >= 11 is 0. The first-order chi connectivity index (χ1) is 12.5. The Bertz CT molecular complexity index is 585. The molecule has 0 bridgehead atoms. The molecule has 0 saturated heterocycles. The predicted molar refractivity (Wildman–Crippen MR) is 136 cm³/mol. The van der Waals surface area contributed by atoms with E-state index in [1.165, 1.54) is 0 Å². The molecule has 0 heterocycles. The van der Waals surface area contributed by atoms with Gasteiger partial charge in [0, 0.05) is 0 Å². The van der Waals surface area contributed by atoms with Crippen LogP contribution < -0.4 is 10.6 Å². The van der Waals surface area contributed by atoms with Crippen LogP contribution in [-0.4, -0.2) is 20.6 Å². The molecule has 4 heteroatoms. The Balaban J connectivity index is 0. The van der Waals surface area contributed by atoms with Crippen molar-refractivity contribution in [2.75, 3.05) is 0 Å². The van der Waals surface area contributed by atoms with E-state index < -0.39 is 0 Å². The Hall–Kier alpha value is 0.742. The van der Waals surface area contributed by atoms with Crippen molar-refractivity contribution in [3.63, 3.8) is 0 Å². The largest absolute Gasteiger partial charge is 2.00 e. The first kappa shape index (κ1) is 32.9. The molecule has 0 saturated carbocycles. The Morgan fingerprint density at radius 1 is 0.433 bits per heavy atom. The molecule has 175 valence electrons. The van der Waals surface area contributed by atoms with Crippen molar-refractivity contribution < 1.29 is 37.5 Å². The normalized spacial score (nSPS) is 12.7. The van der Waals surface area contributed by atoms with Crippen molar-refractivity contribution in [3.05, 3.63) is 48.5 Å². The van der Waals surface area contributed by atoms with Gasteiger partial charge in [0.1, 0.15) is 0 Å². The summed E-state index contributed by atoms with van der Waals surface area (Å²) in [5.74, 6) is 0. The molecular formula is C26H44FeP2Pd+. The summed E-state index contributed by atoms with van der Waals surface area (Å²) in [6, 6.07) is 17.7. The first-order valence-corrected chi connectivity index (χ1v) is 13.2. The second kappa shape index (κ2) is 12.3. The topological polar surface area (TPSA) is 0 Å². The van der Waals surface area contributed by atoms with Crippen LogP contribution in [0, 0.1) is 0 Å². The minimum absolute atomic E-state index is 0. The summed E-state index contributed by atoms with van der Waals surface area (Å²) in [6.07, 6.45) is 0. The number of hydrogen-bond donors (Lipinski definition) is 0. The second-order valence-corrected chi connectivity index (χ2v) is 19.4. The molecule has 0 atom stereocenters. The number of hydrogen-bond acceptors (Lipinski definition) is 0. The Labute approximate surface area is 215 Å². The van der Waals surface area contributed by atoms with Gasteiger partial charge in [-0.15, -0.1) is 26.5 Å². The van der Waals surface area contributed by atoms with E-state index in [1.54, 1.807) is 10.6 Å². The van der Waals surface area contributed by atoms with Gasteiger partial charge in [-0.25, -0.2) is 24.3 Å². The summed E-state index contributed by atoms with van der Waals surface area (Å²) in [6.45, 7) is 28.3. The molecule has 0 N–H and O–H groups in total. The van der Waals surface area contributed by atoms with Gasteiger partial charge in [0.05, 0.1) is 0 Å². The predicted octanol–water partition coefficient (Wildman–Crippen LogP) is 8.21. The van der Waals surface area contributed by atoms with Crippen molar-refractivity contribution in [2.24, 2.45) is 0 Å². The van der Waals surface area contributed by atoms with Crippen LogP contribution in [0.25, 0.3) is 0 Å². The quantitative estimate of drug-likeness (QED) is 0.191. The van der Waals surface area contributed by atoms with E-state index in [0.717, 1.165) is 0 Å². The summed E-state index contributed by atoms with van der Waals surface area (Å²) in [4.78, 5) is 0. The molecule has 2 aromatic rings. The van der Waals surface area contributed by atoms with Gasteiger partial charge in [0.25, 0.3) is 0 Å². The molecule has 30 heavy (non-hydrogen) atoms. The van der Waals surface area contributed by atoms with Gasteiger partial charge >= 0.3 is 37.5 Å². The maximum absolute atomic E-state index is 2.36. The minimum Gasteiger partial charge on any atom is -0.213 e. The Kier molecular flexibility index (Phi) is 13.5. The average molecular weight is 581 g/mol. The van der Waals surface area contributed by atoms with Crippen molar-refractivity contribution in [3.8, 4) is 0 Å². The molecule has 0 unspecified atom stereocenters. The fraction of sp³-hybridized carbons (Fsp3) is 0.615. The fourth-order valence-electron chi connectivity index (χ4n) is 4.59. The van der Waals surface area contributed by atoms with Crippen LogP contribution in [0.2, 0.25) is 0 Å². The first-order valence-electron chi connectivity index (χ1n) is 10.5. The molecular weight excluding hydrogens is 536 g/mol. The SMILES string of the molecule is CC(C)(C)P([c-]1cccc1)C(C)(C)C.CC(C)(C)P([c-]1cccc1)C(C)(C)C.[Fe+2].[Pd+]. The smallest absolute Gasteiger partial charge is 0.213 e. The molecule has 0 amide bonds. The van der Waals surface area contributed by atoms with E-state index >= 15 is 0 Å². The van der Waals surface area contributed by atoms with E-state index in [0.29, 0.717) is 20.6 Å². The average Bonchev–Trinajstić information content (AvgIpc) is 3.06. The van der Waals surface area contributed by atoms with Gasteiger partial charge in [0.2, 0.25) is 0 Å². The van der Waals surface area contributed by atoms with E-state index in [2.05, 4.69) is 132 Å². The van der Waals surface area contributed by atoms with Gasteiger partial charge in [-0.3, -0.25) is 0 Å². The molecule has 0 spiro atoms. The van der Waals surface area contributed by atoms with E-state index in [1.807, 2.05) is 0 Å². The third kappa shape index (κ3) is 10.1. The Morgan fingerprint density at radius 3 is 0.733 bits per heavy atom. The van der Waals surface area contributed by atoms with Crippen LogP contribution in [0.3, 0.4) is 0 Å². The van der Waals surface area contributed by atoms with Gasteiger partial charge in [-0.2, -0.15) is 24.3 Å². The van der Waals surface area contributed by atoms with Crippen LogP contribution in [-0.2, 0) is 37.5 Å². The van der Waals surface area contributed by atoms with Crippen LogP contribution in [0.1, 0.15) is 83.1 Å². The van der Waals surface area contributed by atoms with Gasteiger partial charge in [-0.05, 0) is 20.6 Å². The molecule has 0 aliphatic heterocycles. The molecule has 0 fully saturated rings. The summed E-state index contributed by atoms with van der Waals surface area (Å²) in [5.41, 5.74) is 0. The van der Waals surface area contributed by atoms with Crippen molar-refractivity contribution in [1.29, 1.82) is 0 Å². The molecule has 2 aromatic carbocycles. The van der Waals surface area contributed by atoms with E-state index in [-0.39, 0.29) is 53.3 Å². The van der Waals surface area contributed by atoms with E-state index in [9.17, 15) is 0 Å². The Morgan fingerprint density at radius 2 is 0.600 bits per heavy atom. The molecule has 0 aromatic heterocycles. The minimum atomic E-state index is -0.101. The summed E-state index contributed by atoms with van der Waals surface area (Å²) in [7, 11) is -0.202. The van der Waals surface area contributed by atoms with Crippen LogP contribution in [0.5, 0.6) is 0 Å². The third-order valence-corrected chi connectivity index (χ3v) is 11.5. The standard InChI is InChI=1S/2C13H22P.Fe.Pd/c2*1-12(2,3)14(13(4,5)6)11-9-7-8-10-11;;/h2*7-10H,1-6H3;;/q2*-1;+2;+1. The van der Waals surface area contributed by atoms with Crippen LogP contribution >= 0.6 is 15.8 Å². The van der Waals surface area contributed by atoms with Gasteiger partial charge < -0.3 is 0 Å². The maximum Gasteiger partial charge on any atom is 2.00 e. The number of rotatable bonds is 2. The molecule has 0 aliphatic rings. The zero-order valence-corrected chi connectivity index (χ0v) is 25.6. The maximum atomic E-state index is 2.36. The van der Waals surface area contributed by atoms with Gasteiger partial charge in [-0.1, -0.05) is 83.1 Å². The third-order valence-electron chi connectivity index (χ3n) is 4.49. The van der Waals surface area contributed by atoms with Gasteiger partial charge in [0.15, 0.2) is 0 Å². The summed E-state index contributed by atoms with van der Waals surface area (Å²) < 4.78 is 0. The van der Waals surface area contributed by atoms with Crippen molar-refractivity contribution in [1.82, 2.24) is 0 Å². The van der Waals surface area contributed by atoms with E-state index in [4.69, 9.17) is 0 Å².